The summed E-state index contributed by atoms with van der Waals surface area (Å²) in [5.74, 6) is 0.768. The number of amides is 3. The highest BCUT2D eigenvalue weighted by Gasteiger charge is 2.12. The molecule has 0 unspecified atom stereocenters. The van der Waals surface area contributed by atoms with Crippen molar-refractivity contribution in [3.05, 3.63) is 53.6 Å². The van der Waals surface area contributed by atoms with Gasteiger partial charge in [0.2, 0.25) is 11.0 Å². The van der Waals surface area contributed by atoms with Crippen molar-refractivity contribution < 1.29 is 14.3 Å². The zero-order valence-electron chi connectivity index (χ0n) is 16.7. The summed E-state index contributed by atoms with van der Waals surface area (Å²) in [5, 5.41) is 16.5. The Morgan fingerprint density at radius 3 is 2.53 bits per heavy atom. The number of benzene rings is 2. The van der Waals surface area contributed by atoms with E-state index in [0.29, 0.717) is 20.9 Å². The monoisotopic (exact) mass is 443 g/mol. The van der Waals surface area contributed by atoms with E-state index >= 15 is 0 Å². The highest BCUT2D eigenvalue weighted by atomic mass is 32.2. The quantitative estimate of drug-likeness (QED) is 0.366. The molecule has 1 aromatic heterocycles. The van der Waals surface area contributed by atoms with Crippen LogP contribution in [-0.2, 0) is 4.79 Å². The summed E-state index contributed by atoms with van der Waals surface area (Å²) < 4.78 is 5.67. The minimum atomic E-state index is -0.430. The van der Waals surface area contributed by atoms with E-state index in [9.17, 15) is 9.59 Å². The molecule has 2 aromatic carbocycles. The lowest BCUT2D eigenvalue weighted by atomic mass is 10.1. The van der Waals surface area contributed by atoms with Crippen molar-refractivity contribution in [1.29, 1.82) is 0 Å². The van der Waals surface area contributed by atoms with E-state index in [0.717, 1.165) is 16.8 Å². The topological polar surface area (TPSA) is 105 Å². The van der Waals surface area contributed by atoms with Crippen LogP contribution in [0.15, 0.2) is 46.8 Å². The Hall–Kier alpha value is -3.11. The molecule has 0 spiro atoms. The third-order valence-corrected chi connectivity index (χ3v) is 6.15. The van der Waals surface area contributed by atoms with Crippen molar-refractivity contribution in [2.45, 2.75) is 18.2 Å². The zero-order chi connectivity index (χ0) is 21.5. The van der Waals surface area contributed by atoms with Gasteiger partial charge in [0.1, 0.15) is 5.75 Å². The summed E-state index contributed by atoms with van der Waals surface area (Å²) in [6, 6.07) is 12.3. The Morgan fingerprint density at radius 2 is 1.80 bits per heavy atom. The van der Waals surface area contributed by atoms with Crippen molar-refractivity contribution in [3.63, 3.8) is 0 Å². The molecule has 0 saturated carbocycles. The Kier molecular flexibility index (Phi) is 7.26. The number of aromatic nitrogens is 2. The molecule has 0 aliphatic heterocycles. The van der Waals surface area contributed by atoms with Crippen LogP contribution in [0.2, 0.25) is 0 Å². The van der Waals surface area contributed by atoms with Gasteiger partial charge in [-0.15, -0.1) is 10.2 Å². The molecule has 3 rings (SSSR count). The van der Waals surface area contributed by atoms with E-state index in [-0.39, 0.29) is 11.7 Å². The molecule has 3 aromatic rings. The summed E-state index contributed by atoms with van der Waals surface area (Å²) >= 11 is 2.46. The van der Waals surface area contributed by atoms with Crippen LogP contribution in [0.3, 0.4) is 0 Å². The van der Waals surface area contributed by atoms with Crippen molar-refractivity contribution >= 4 is 51.5 Å². The first-order valence-corrected chi connectivity index (χ1v) is 10.8. The number of methoxy groups -OCH3 is 1. The number of hydrogen-bond donors (Lipinski definition) is 3. The van der Waals surface area contributed by atoms with E-state index in [4.69, 9.17) is 4.74 Å². The number of thioether (sulfide) groups is 1. The molecular weight excluding hydrogens is 422 g/mol. The largest absolute Gasteiger partial charge is 0.497 e. The van der Waals surface area contributed by atoms with Gasteiger partial charge in [-0.2, -0.15) is 0 Å². The summed E-state index contributed by atoms with van der Waals surface area (Å²) in [7, 11) is 1.58. The minimum Gasteiger partial charge on any atom is -0.497 e. The van der Waals surface area contributed by atoms with Crippen LogP contribution in [0.1, 0.15) is 11.1 Å². The third kappa shape index (κ3) is 5.94. The minimum absolute atomic E-state index is 0.129. The summed E-state index contributed by atoms with van der Waals surface area (Å²) in [5.41, 5.74) is 3.58. The first-order valence-electron chi connectivity index (χ1n) is 8.99. The zero-order valence-corrected chi connectivity index (χ0v) is 18.3. The maximum absolute atomic E-state index is 12.2. The maximum atomic E-state index is 12.2. The molecule has 156 valence electrons. The summed E-state index contributed by atoms with van der Waals surface area (Å²) in [6.45, 7) is 3.97. The lowest BCUT2D eigenvalue weighted by Gasteiger charge is -2.09. The predicted octanol–water partition coefficient (Wildman–Crippen LogP) is 4.54. The fraction of sp³-hybridized carbons (Fsp3) is 0.200. The Morgan fingerprint density at radius 1 is 1.03 bits per heavy atom. The number of aryl methyl sites for hydroxylation is 1. The molecule has 0 fully saturated rings. The van der Waals surface area contributed by atoms with E-state index in [2.05, 4.69) is 26.1 Å². The van der Waals surface area contributed by atoms with Gasteiger partial charge in [-0.1, -0.05) is 35.2 Å². The Balaban J connectivity index is 1.47. The smallest absolute Gasteiger partial charge is 0.325 e. The number of carbonyl (C=O) groups excluding carboxylic acids is 2. The standard InChI is InChI=1S/C20H21N5O3S2/c1-12-5-4-6-16(13(12)2)22-17(26)11-29-20-25-24-19(30-20)23-18(27)21-14-7-9-15(28-3)10-8-14/h4-10H,11H2,1-3H3,(H,22,26)(H2,21,23,24,27). The van der Waals surface area contributed by atoms with Gasteiger partial charge in [-0.3, -0.25) is 10.1 Å². The maximum Gasteiger partial charge on any atom is 0.325 e. The second-order valence-corrected chi connectivity index (χ2v) is 8.47. The first-order chi connectivity index (χ1) is 14.4. The van der Waals surface area contributed by atoms with Crippen molar-refractivity contribution in [3.8, 4) is 5.75 Å². The van der Waals surface area contributed by atoms with E-state index in [1.807, 2.05) is 32.0 Å². The SMILES string of the molecule is COc1ccc(NC(=O)Nc2nnc(SCC(=O)Nc3cccc(C)c3C)s2)cc1. The van der Waals surface area contributed by atoms with Gasteiger partial charge in [0.25, 0.3) is 0 Å². The molecular formula is C20H21N5O3S2. The molecule has 30 heavy (non-hydrogen) atoms. The fourth-order valence-corrected chi connectivity index (χ4v) is 4.00. The van der Waals surface area contributed by atoms with Gasteiger partial charge in [0.05, 0.1) is 12.9 Å². The molecule has 8 nitrogen and oxygen atoms in total. The van der Waals surface area contributed by atoms with Gasteiger partial charge in [-0.05, 0) is 55.3 Å². The number of nitrogens with zero attached hydrogens (tertiary/aromatic N) is 2. The lowest BCUT2D eigenvalue weighted by Crippen LogP contribution is -2.19. The number of urea groups is 1. The van der Waals surface area contributed by atoms with Crippen LogP contribution >= 0.6 is 23.1 Å². The third-order valence-electron chi connectivity index (χ3n) is 4.18. The molecule has 0 aliphatic carbocycles. The highest BCUT2D eigenvalue weighted by Crippen LogP contribution is 2.26. The normalized spacial score (nSPS) is 10.4. The van der Waals surface area contributed by atoms with Gasteiger partial charge in [0.15, 0.2) is 4.34 Å². The van der Waals surface area contributed by atoms with Crippen LogP contribution in [0, 0.1) is 13.8 Å². The molecule has 0 aliphatic rings. The number of ether oxygens (including phenoxy) is 1. The van der Waals surface area contributed by atoms with Gasteiger partial charge in [-0.25, -0.2) is 4.79 Å². The molecule has 0 saturated heterocycles. The second-order valence-electron chi connectivity index (χ2n) is 6.27. The van der Waals surface area contributed by atoms with E-state index in [1.54, 1.807) is 31.4 Å². The average Bonchev–Trinajstić information content (AvgIpc) is 3.17. The van der Waals surface area contributed by atoms with Gasteiger partial charge in [0, 0.05) is 11.4 Å². The number of rotatable bonds is 7. The highest BCUT2D eigenvalue weighted by molar-refractivity contribution is 8.01. The van der Waals surface area contributed by atoms with Crippen LogP contribution in [0.5, 0.6) is 5.75 Å². The number of hydrogen-bond acceptors (Lipinski definition) is 7. The summed E-state index contributed by atoms with van der Waals surface area (Å²) in [4.78, 5) is 24.3. The van der Waals surface area contributed by atoms with Crippen LogP contribution in [0.4, 0.5) is 21.3 Å². The van der Waals surface area contributed by atoms with Crippen LogP contribution in [0.25, 0.3) is 0 Å². The van der Waals surface area contributed by atoms with Crippen LogP contribution < -0.4 is 20.7 Å². The average molecular weight is 444 g/mol. The van der Waals surface area contributed by atoms with Crippen molar-refractivity contribution in [2.75, 3.05) is 28.8 Å². The predicted molar refractivity (Wildman–Crippen MR) is 121 cm³/mol. The van der Waals surface area contributed by atoms with Crippen molar-refractivity contribution in [2.24, 2.45) is 0 Å². The van der Waals surface area contributed by atoms with Gasteiger partial charge < -0.3 is 15.4 Å². The molecule has 0 radical (unpaired) electrons. The molecule has 10 heteroatoms. The second kappa shape index (κ2) is 10.1. The number of anilines is 3. The molecule has 0 atom stereocenters. The molecule has 0 bridgehead atoms. The van der Waals surface area contributed by atoms with E-state index < -0.39 is 6.03 Å². The summed E-state index contributed by atoms with van der Waals surface area (Å²) in [6.07, 6.45) is 0. The molecule has 3 amide bonds. The number of carbonyl (C=O) groups is 2. The lowest BCUT2D eigenvalue weighted by molar-refractivity contribution is -0.113. The van der Waals surface area contributed by atoms with Gasteiger partial charge >= 0.3 is 6.03 Å². The molecule has 1 heterocycles. The Bertz CT molecular complexity index is 1040. The van der Waals surface area contributed by atoms with Crippen molar-refractivity contribution in [1.82, 2.24) is 10.2 Å². The first kappa shape index (κ1) is 21.6. The molecule has 3 N–H and O–H groups in total. The fourth-order valence-electron chi connectivity index (χ4n) is 2.45. The van der Waals surface area contributed by atoms with E-state index in [1.165, 1.54) is 23.1 Å². The van der Waals surface area contributed by atoms with Crippen LogP contribution in [-0.4, -0.2) is 35.0 Å². The number of nitrogens with one attached hydrogen (secondary N) is 3. The Labute approximate surface area is 182 Å².